The highest BCUT2D eigenvalue weighted by Crippen LogP contribution is 2.37. The van der Waals surface area contributed by atoms with Crippen molar-refractivity contribution in [2.24, 2.45) is 0 Å². The molecule has 214 valence electrons. The second-order valence-corrected chi connectivity index (χ2v) is 11.6. The van der Waals surface area contributed by atoms with Crippen molar-refractivity contribution in [3.8, 4) is 45.2 Å². The van der Waals surface area contributed by atoms with Gasteiger partial charge in [0.15, 0.2) is 10.7 Å². The van der Waals surface area contributed by atoms with E-state index in [1.54, 1.807) is 30.8 Å². The van der Waals surface area contributed by atoms with Crippen LogP contribution in [0.25, 0.3) is 56.1 Å². The number of aromatic amines is 2. The SMILES string of the molecule is C[S+]([O-])c1ccc(-c2nc(-c3ccc(F)cc3)c(-c3ccncc3)[nH]2)cc1.O=C1c2ccccc2-c2n[nH]c3cccc1c23. The highest BCUT2D eigenvalue weighted by Gasteiger charge is 2.26. The molecule has 0 saturated heterocycles. The van der Waals surface area contributed by atoms with Crippen LogP contribution >= 0.6 is 0 Å². The van der Waals surface area contributed by atoms with Gasteiger partial charge in [-0.25, -0.2) is 9.37 Å². The zero-order valence-electron chi connectivity index (χ0n) is 23.4. The largest absolute Gasteiger partial charge is 0.612 e. The third-order valence-electron chi connectivity index (χ3n) is 7.51. The van der Waals surface area contributed by atoms with Gasteiger partial charge in [0.2, 0.25) is 0 Å². The van der Waals surface area contributed by atoms with E-state index in [0.717, 1.165) is 66.3 Å². The number of carbonyl (C=O) groups excluding carboxylic acids is 1. The average Bonchev–Trinajstić information content (AvgIpc) is 3.71. The van der Waals surface area contributed by atoms with Gasteiger partial charge in [-0.15, -0.1) is 0 Å². The zero-order chi connectivity index (χ0) is 30.2. The molecule has 4 aromatic carbocycles. The average molecular weight is 598 g/mol. The third-order valence-corrected chi connectivity index (χ3v) is 8.45. The summed E-state index contributed by atoms with van der Waals surface area (Å²) < 4.78 is 24.9. The molecule has 2 N–H and O–H groups in total. The van der Waals surface area contributed by atoms with E-state index in [2.05, 4.69) is 20.2 Å². The Morgan fingerprint density at radius 2 is 1.41 bits per heavy atom. The Hall–Kier alpha value is -5.38. The highest BCUT2D eigenvalue weighted by molar-refractivity contribution is 7.90. The number of imidazole rings is 1. The van der Waals surface area contributed by atoms with Gasteiger partial charge in [-0.1, -0.05) is 36.4 Å². The first-order chi connectivity index (χ1) is 21.5. The molecule has 3 aromatic heterocycles. The predicted octanol–water partition coefficient (Wildman–Crippen LogP) is 7.46. The molecule has 1 aliphatic rings. The minimum absolute atomic E-state index is 0.0834. The number of H-pyrrole nitrogens is 2. The Balaban J connectivity index is 0.000000157. The molecule has 0 saturated carbocycles. The van der Waals surface area contributed by atoms with E-state index >= 15 is 0 Å². The summed E-state index contributed by atoms with van der Waals surface area (Å²) in [4.78, 5) is 25.3. The van der Waals surface area contributed by atoms with E-state index in [1.165, 1.54) is 12.1 Å². The first kappa shape index (κ1) is 27.5. The van der Waals surface area contributed by atoms with Crippen molar-refractivity contribution < 1.29 is 13.7 Å². The summed E-state index contributed by atoms with van der Waals surface area (Å²) in [5.74, 6) is 0.484. The van der Waals surface area contributed by atoms with Crippen LogP contribution in [0.4, 0.5) is 4.39 Å². The van der Waals surface area contributed by atoms with Crippen LogP contribution < -0.4 is 0 Å². The number of halogens is 1. The number of hydrogen-bond donors (Lipinski definition) is 2. The first-order valence-corrected chi connectivity index (χ1v) is 15.3. The lowest BCUT2D eigenvalue weighted by atomic mass is 9.87. The maximum atomic E-state index is 13.3. The quantitative estimate of drug-likeness (QED) is 0.205. The monoisotopic (exact) mass is 597 g/mol. The van der Waals surface area contributed by atoms with Crippen molar-refractivity contribution in [3.63, 3.8) is 0 Å². The highest BCUT2D eigenvalue weighted by atomic mass is 32.2. The number of nitrogens with zero attached hydrogens (tertiary/aromatic N) is 3. The Morgan fingerprint density at radius 3 is 2.14 bits per heavy atom. The standard InChI is InChI=1S/C21H16FN3OS.C14H8N2O/c1-27(26)18-8-4-16(5-9-18)21-24-19(14-2-6-17(22)7-3-14)20(25-21)15-10-12-23-13-11-15;17-14-9-5-2-1-4-8(9)13-12-10(14)6-3-7-11(12)15-16-13/h2-13H,1H3,(H,24,25);1-7H,(H,15,16). The van der Waals surface area contributed by atoms with Crippen LogP contribution in [0, 0.1) is 5.82 Å². The molecule has 9 heteroatoms. The number of benzene rings is 4. The first-order valence-electron chi connectivity index (χ1n) is 13.8. The maximum absolute atomic E-state index is 13.3. The molecular weight excluding hydrogens is 573 g/mol. The van der Waals surface area contributed by atoms with Crippen molar-refractivity contribution in [3.05, 3.63) is 132 Å². The molecule has 3 heterocycles. The lowest BCUT2D eigenvalue weighted by Gasteiger charge is -2.13. The zero-order valence-corrected chi connectivity index (χ0v) is 24.2. The predicted molar refractivity (Wildman–Crippen MR) is 170 cm³/mol. The van der Waals surface area contributed by atoms with Gasteiger partial charge >= 0.3 is 0 Å². The Labute approximate surface area is 255 Å². The van der Waals surface area contributed by atoms with Crippen molar-refractivity contribution in [1.82, 2.24) is 25.1 Å². The molecular formula is C35H24FN5O2S. The molecule has 1 unspecified atom stereocenters. The molecule has 0 spiro atoms. The summed E-state index contributed by atoms with van der Waals surface area (Å²) >= 11 is -1.03. The van der Waals surface area contributed by atoms with Gasteiger partial charge in [0, 0.05) is 51.2 Å². The van der Waals surface area contributed by atoms with E-state index < -0.39 is 11.2 Å². The summed E-state index contributed by atoms with van der Waals surface area (Å²) in [6.45, 7) is 0. The Kier molecular flexibility index (Phi) is 7.09. The molecule has 7 nitrogen and oxygen atoms in total. The number of aromatic nitrogens is 5. The molecule has 0 aliphatic heterocycles. The molecule has 0 radical (unpaired) electrons. The van der Waals surface area contributed by atoms with E-state index in [0.29, 0.717) is 5.82 Å². The maximum Gasteiger partial charge on any atom is 0.194 e. The van der Waals surface area contributed by atoms with Gasteiger partial charge in [-0.2, -0.15) is 5.10 Å². The second-order valence-electron chi connectivity index (χ2n) is 10.2. The number of carbonyl (C=O) groups is 1. The number of nitrogens with one attached hydrogen (secondary N) is 2. The molecule has 8 rings (SSSR count). The van der Waals surface area contributed by atoms with Crippen LogP contribution in [0.2, 0.25) is 0 Å². The van der Waals surface area contributed by atoms with Crippen molar-refractivity contribution in [1.29, 1.82) is 0 Å². The summed E-state index contributed by atoms with van der Waals surface area (Å²) in [6, 6.07) is 30.8. The number of rotatable bonds is 4. The van der Waals surface area contributed by atoms with Crippen LogP contribution in [0.5, 0.6) is 0 Å². The number of hydrogen-bond acceptors (Lipinski definition) is 5. The van der Waals surface area contributed by atoms with Gasteiger partial charge in [0.1, 0.15) is 23.6 Å². The number of pyridine rings is 1. The summed E-state index contributed by atoms with van der Waals surface area (Å²) in [7, 11) is 0. The van der Waals surface area contributed by atoms with Crippen LogP contribution in [-0.2, 0) is 11.2 Å². The van der Waals surface area contributed by atoms with Gasteiger partial charge in [0.25, 0.3) is 0 Å². The van der Waals surface area contributed by atoms with Gasteiger partial charge in [0.05, 0.1) is 16.9 Å². The molecule has 0 bridgehead atoms. The Morgan fingerprint density at radius 1 is 0.727 bits per heavy atom. The topological polar surface area (TPSA) is 110 Å². The molecule has 1 aliphatic carbocycles. The van der Waals surface area contributed by atoms with E-state index in [4.69, 9.17) is 4.98 Å². The van der Waals surface area contributed by atoms with Gasteiger partial charge in [-0.05, 0) is 77.9 Å². The fraction of sp³-hybridized carbons (Fsp3) is 0.0286. The third kappa shape index (κ3) is 4.98. The van der Waals surface area contributed by atoms with E-state index in [1.807, 2.05) is 78.9 Å². The van der Waals surface area contributed by atoms with Crippen LogP contribution in [0.3, 0.4) is 0 Å². The normalized spacial score (nSPS) is 12.4. The van der Waals surface area contributed by atoms with Gasteiger partial charge < -0.3 is 9.54 Å². The second kappa shape index (κ2) is 11.4. The minimum atomic E-state index is -1.03. The van der Waals surface area contributed by atoms with Crippen molar-refractivity contribution in [2.45, 2.75) is 4.90 Å². The smallest absolute Gasteiger partial charge is 0.194 e. The fourth-order valence-electron chi connectivity index (χ4n) is 5.35. The van der Waals surface area contributed by atoms with Crippen LogP contribution in [0.15, 0.2) is 120 Å². The molecule has 1 atom stereocenters. The van der Waals surface area contributed by atoms with Crippen LogP contribution in [-0.4, -0.2) is 41.7 Å². The van der Waals surface area contributed by atoms with Gasteiger partial charge in [-0.3, -0.25) is 14.9 Å². The van der Waals surface area contributed by atoms with Crippen LogP contribution in [0.1, 0.15) is 15.9 Å². The summed E-state index contributed by atoms with van der Waals surface area (Å²) in [6.07, 6.45) is 5.08. The molecule has 7 aromatic rings. The molecule has 0 fully saturated rings. The summed E-state index contributed by atoms with van der Waals surface area (Å²) in [5.41, 5.74) is 8.40. The Bertz CT molecular complexity index is 2120. The number of ketones is 1. The molecule has 44 heavy (non-hydrogen) atoms. The lowest BCUT2D eigenvalue weighted by Crippen LogP contribution is -2.08. The fourth-order valence-corrected chi connectivity index (χ4v) is 5.87. The molecule has 0 amide bonds. The summed E-state index contributed by atoms with van der Waals surface area (Å²) in [5, 5.41) is 8.24. The number of fused-ring (bicyclic) bond motifs is 2. The van der Waals surface area contributed by atoms with E-state index in [-0.39, 0.29) is 11.6 Å². The minimum Gasteiger partial charge on any atom is -0.612 e. The van der Waals surface area contributed by atoms with Crippen molar-refractivity contribution >= 4 is 27.9 Å². The van der Waals surface area contributed by atoms with Crippen molar-refractivity contribution in [2.75, 3.05) is 6.26 Å². The van der Waals surface area contributed by atoms with E-state index in [9.17, 15) is 13.7 Å². The lowest BCUT2D eigenvalue weighted by molar-refractivity contribution is 0.104.